The monoisotopic (exact) mass is 872 g/mol. The molecule has 0 radical (unpaired) electrons. The fourth-order valence-electron chi connectivity index (χ4n) is 8.16. The third-order valence-electron chi connectivity index (χ3n) is 11.7. The van der Waals surface area contributed by atoms with Crippen LogP contribution in [0.2, 0.25) is 0 Å². The lowest BCUT2D eigenvalue weighted by Crippen LogP contribution is -2.45. The van der Waals surface area contributed by atoms with Gasteiger partial charge in [0.25, 0.3) is 0 Å². The molecule has 0 spiro atoms. The number of allylic oxidation sites excluding steroid dienone is 8. The van der Waals surface area contributed by atoms with Crippen molar-refractivity contribution in [1.29, 1.82) is 0 Å². The van der Waals surface area contributed by atoms with E-state index in [0.29, 0.717) is 38.1 Å². The van der Waals surface area contributed by atoms with Crippen LogP contribution >= 0.6 is 0 Å². The second-order valence-corrected chi connectivity index (χ2v) is 17.2. The molecule has 2 rings (SSSR count). The average molecular weight is 872 g/mol. The maximum Gasteiger partial charge on any atom is 0.508 e. The van der Waals surface area contributed by atoms with Crippen molar-refractivity contribution in [2.24, 2.45) is 5.92 Å². The van der Waals surface area contributed by atoms with E-state index in [1.54, 1.807) is 0 Å². The van der Waals surface area contributed by atoms with Gasteiger partial charge < -0.3 is 28.4 Å². The molecule has 0 aromatic carbocycles. The molecule has 0 aromatic heterocycles. The van der Waals surface area contributed by atoms with E-state index in [-0.39, 0.29) is 38.3 Å². The van der Waals surface area contributed by atoms with Crippen molar-refractivity contribution >= 4 is 18.1 Å². The van der Waals surface area contributed by atoms with Gasteiger partial charge in [-0.3, -0.25) is 14.5 Å². The molecular formula is C52H89NO9. The number of carbonyl (C=O) groups excluding carboxylic acids is 3. The van der Waals surface area contributed by atoms with Crippen molar-refractivity contribution in [1.82, 2.24) is 4.90 Å². The zero-order chi connectivity index (χ0) is 44.7. The van der Waals surface area contributed by atoms with E-state index in [9.17, 15) is 14.4 Å². The predicted octanol–water partition coefficient (Wildman–Crippen LogP) is 13.1. The molecule has 0 N–H and O–H groups in total. The summed E-state index contributed by atoms with van der Waals surface area (Å²) in [7, 11) is 0. The Morgan fingerprint density at radius 1 is 0.565 bits per heavy atom. The molecule has 10 nitrogen and oxygen atoms in total. The second kappa shape index (κ2) is 38.5. The van der Waals surface area contributed by atoms with Crippen molar-refractivity contribution in [2.45, 2.75) is 219 Å². The molecule has 1 unspecified atom stereocenters. The van der Waals surface area contributed by atoms with Gasteiger partial charge in [-0.1, -0.05) is 108 Å². The van der Waals surface area contributed by atoms with E-state index in [1.807, 2.05) is 0 Å². The molecule has 0 aliphatic carbocycles. The summed E-state index contributed by atoms with van der Waals surface area (Å²) in [6.07, 6.45) is 41.4. The van der Waals surface area contributed by atoms with E-state index in [2.05, 4.69) is 81.2 Å². The minimum absolute atomic E-state index is 0.0194. The molecule has 10 heteroatoms. The number of piperidine rings is 1. The summed E-state index contributed by atoms with van der Waals surface area (Å²) in [5.41, 5.74) is 0. The van der Waals surface area contributed by atoms with Gasteiger partial charge in [0.05, 0.1) is 12.3 Å². The van der Waals surface area contributed by atoms with Crippen LogP contribution in [0.1, 0.15) is 195 Å². The molecule has 4 atom stereocenters. The number of hydrogen-bond acceptors (Lipinski definition) is 10. The Hall–Kier alpha value is -2.95. The number of ether oxygens (including phenoxy) is 6. The quantitative estimate of drug-likeness (QED) is 0.0195. The van der Waals surface area contributed by atoms with Crippen LogP contribution in [0.3, 0.4) is 0 Å². The summed E-state index contributed by atoms with van der Waals surface area (Å²) in [4.78, 5) is 41.2. The zero-order valence-electron chi connectivity index (χ0n) is 39.8. The van der Waals surface area contributed by atoms with Crippen LogP contribution in [-0.4, -0.2) is 87.1 Å². The largest absolute Gasteiger partial charge is 0.508 e. The first kappa shape index (κ1) is 55.2. The molecule has 2 fully saturated rings. The van der Waals surface area contributed by atoms with Gasteiger partial charge in [-0.25, -0.2) is 4.79 Å². The van der Waals surface area contributed by atoms with Crippen LogP contribution in [0.25, 0.3) is 0 Å². The molecule has 0 saturated carbocycles. The Labute approximate surface area is 378 Å². The molecule has 356 valence electrons. The van der Waals surface area contributed by atoms with E-state index in [0.717, 1.165) is 129 Å². The van der Waals surface area contributed by atoms with Gasteiger partial charge in [0.1, 0.15) is 25.9 Å². The van der Waals surface area contributed by atoms with Crippen LogP contribution in [0, 0.1) is 5.92 Å². The molecular weight excluding hydrogens is 783 g/mol. The number of carbonyl (C=O) groups is 3. The first-order valence-electron chi connectivity index (χ1n) is 25.1. The predicted molar refractivity (Wildman–Crippen MR) is 251 cm³/mol. The minimum atomic E-state index is -0.730. The van der Waals surface area contributed by atoms with E-state index < -0.39 is 24.3 Å². The Morgan fingerprint density at radius 2 is 1.06 bits per heavy atom. The molecule has 2 aliphatic heterocycles. The zero-order valence-corrected chi connectivity index (χ0v) is 39.8. The number of hydrogen-bond donors (Lipinski definition) is 0. The highest BCUT2D eigenvalue weighted by molar-refractivity contribution is 5.69. The highest BCUT2D eigenvalue weighted by atomic mass is 16.7. The smallest absolute Gasteiger partial charge is 0.465 e. The maximum atomic E-state index is 13.0. The molecule has 2 heterocycles. The first-order valence-corrected chi connectivity index (χ1v) is 25.1. The second-order valence-electron chi connectivity index (χ2n) is 17.2. The molecule has 2 bridgehead atoms. The number of unbranched alkanes of at least 4 members (excludes halogenated alkanes) is 12. The SMILES string of the molecule is CC/C=C\CCCCOC(CCC(=O)OCC(COC(=O)CCCCCCC/C=C\C/C=C\CCCCC)COC(=O)O[C@H]1C[C@H]2CC[C@@H](C1)N2CC)OCCCC/C=C\CC. The van der Waals surface area contributed by atoms with Gasteiger partial charge in [0, 0.05) is 51.0 Å². The molecule has 0 aromatic rings. The molecule has 2 aliphatic rings. The summed E-state index contributed by atoms with van der Waals surface area (Å²) in [6, 6.07) is 0.887. The van der Waals surface area contributed by atoms with Crippen LogP contribution in [-0.2, 0) is 38.0 Å². The van der Waals surface area contributed by atoms with E-state index in [1.165, 1.54) is 25.7 Å². The van der Waals surface area contributed by atoms with Crippen molar-refractivity contribution in [3.8, 4) is 0 Å². The van der Waals surface area contributed by atoms with E-state index in [4.69, 9.17) is 28.4 Å². The van der Waals surface area contributed by atoms with Gasteiger partial charge in [-0.15, -0.1) is 0 Å². The van der Waals surface area contributed by atoms with Crippen molar-refractivity contribution in [3.63, 3.8) is 0 Å². The summed E-state index contributed by atoms with van der Waals surface area (Å²) in [6.45, 7) is 10.7. The fraction of sp³-hybridized carbons (Fsp3) is 0.788. The number of rotatable bonds is 39. The van der Waals surface area contributed by atoms with Gasteiger partial charge in [0.2, 0.25) is 0 Å². The molecule has 62 heavy (non-hydrogen) atoms. The van der Waals surface area contributed by atoms with Crippen LogP contribution < -0.4 is 0 Å². The minimum Gasteiger partial charge on any atom is -0.465 e. The Morgan fingerprint density at radius 3 is 1.63 bits per heavy atom. The highest BCUT2D eigenvalue weighted by Gasteiger charge is 2.41. The van der Waals surface area contributed by atoms with Crippen molar-refractivity contribution in [3.05, 3.63) is 48.6 Å². The summed E-state index contributed by atoms with van der Waals surface area (Å²) in [5.74, 6) is -1.23. The van der Waals surface area contributed by atoms with Crippen molar-refractivity contribution < 1.29 is 42.8 Å². The van der Waals surface area contributed by atoms with Crippen LogP contribution in [0.15, 0.2) is 48.6 Å². The standard InChI is InChI=1S/C52H89NO9/c1-5-9-12-15-18-19-20-21-22-23-24-25-26-27-30-33-49(54)59-42-45(44-61-52(56)62-48-40-46-34-35-47(41-48)53(46)8-4)43-60-50(55)36-37-51(57-38-31-28-16-13-10-6-2)58-39-32-29-17-14-11-7-3/h10-11,13-14,18-19,21-22,45-48,51H,5-9,12,15-17,20,23-44H2,1-4H3/b13-10-,14-11-,19-18-,22-21-/t45?,46-,47+,48+. The number of nitrogens with zero attached hydrogens (tertiary/aromatic N) is 1. The number of esters is 2. The molecule has 0 amide bonds. The van der Waals surface area contributed by atoms with Gasteiger partial charge >= 0.3 is 18.1 Å². The maximum absolute atomic E-state index is 13.0. The van der Waals surface area contributed by atoms with Gasteiger partial charge in [-0.2, -0.15) is 0 Å². The third kappa shape index (κ3) is 28.7. The van der Waals surface area contributed by atoms with E-state index >= 15 is 0 Å². The lowest BCUT2D eigenvalue weighted by Gasteiger charge is -2.37. The van der Waals surface area contributed by atoms with Crippen LogP contribution in [0.5, 0.6) is 0 Å². The summed E-state index contributed by atoms with van der Waals surface area (Å²) < 4.78 is 34.8. The Bertz CT molecular complexity index is 1210. The summed E-state index contributed by atoms with van der Waals surface area (Å²) in [5, 5.41) is 0. The average Bonchev–Trinajstić information content (AvgIpc) is 3.53. The Balaban J connectivity index is 1.80. The third-order valence-corrected chi connectivity index (χ3v) is 11.7. The van der Waals surface area contributed by atoms with Crippen LogP contribution in [0.4, 0.5) is 4.79 Å². The topological polar surface area (TPSA) is 110 Å². The van der Waals surface area contributed by atoms with Gasteiger partial charge in [-0.05, 0) is 109 Å². The highest BCUT2D eigenvalue weighted by Crippen LogP contribution is 2.36. The van der Waals surface area contributed by atoms with Gasteiger partial charge in [0.15, 0.2) is 6.29 Å². The lowest BCUT2D eigenvalue weighted by molar-refractivity contribution is -0.161. The van der Waals surface area contributed by atoms with Crippen molar-refractivity contribution in [2.75, 3.05) is 39.6 Å². The first-order chi connectivity index (χ1) is 30.4. The Kier molecular flexibility index (Phi) is 34.3. The summed E-state index contributed by atoms with van der Waals surface area (Å²) >= 11 is 0. The lowest BCUT2D eigenvalue weighted by atomic mass is 10.00. The molecule has 2 saturated heterocycles. The normalized spacial score (nSPS) is 18.5. The number of fused-ring (bicyclic) bond motifs is 2. The fourth-order valence-corrected chi connectivity index (χ4v) is 8.16.